The van der Waals surface area contributed by atoms with E-state index in [1.807, 2.05) is 37.4 Å². The lowest BCUT2D eigenvalue weighted by Gasteiger charge is -2.33. The maximum absolute atomic E-state index is 12.7. The number of sulfonamides is 1. The van der Waals surface area contributed by atoms with Gasteiger partial charge in [-0.3, -0.25) is 4.79 Å². The van der Waals surface area contributed by atoms with Crippen LogP contribution in [0.4, 0.5) is 0 Å². The van der Waals surface area contributed by atoms with Crippen LogP contribution in [-0.2, 0) is 21.4 Å². The molecule has 1 saturated heterocycles. The van der Waals surface area contributed by atoms with Gasteiger partial charge in [-0.25, -0.2) is 8.42 Å². The lowest BCUT2D eigenvalue weighted by Crippen LogP contribution is -2.42. The predicted molar refractivity (Wildman–Crippen MR) is 120 cm³/mol. The second kappa shape index (κ2) is 9.83. The number of hydrogen-bond acceptors (Lipinski definition) is 5. The van der Waals surface area contributed by atoms with Gasteiger partial charge in [-0.1, -0.05) is 30.7 Å². The molecule has 3 rings (SSSR count). The monoisotopic (exact) mass is 472 g/mol. The molecule has 0 aliphatic carbocycles. The summed E-state index contributed by atoms with van der Waals surface area (Å²) in [6.45, 7) is 3.29. The predicted octanol–water partition coefficient (Wildman–Crippen LogP) is 4.48. The molecule has 29 heavy (non-hydrogen) atoms. The van der Waals surface area contributed by atoms with E-state index >= 15 is 0 Å². The first-order chi connectivity index (χ1) is 13.8. The van der Waals surface area contributed by atoms with E-state index in [0.717, 1.165) is 16.9 Å². The van der Waals surface area contributed by atoms with Gasteiger partial charge in [0.25, 0.3) is 10.0 Å². The van der Waals surface area contributed by atoms with E-state index in [-0.39, 0.29) is 22.0 Å². The number of halogens is 1. The standard InChI is InChI=1S/C20H25ClN2O3S3/c1-14(20(24)22-13-15-3-5-17(27-2)6-4-15)16-9-11-23(12-10-16)29(25,26)19-8-7-18(21)28-19/h3-8,14,16H,9-13H2,1-2H3,(H,22,24)/t14-/m1/s1. The lowest BCUT2D eigenvalue weighted by atomic mass is 9.85. The van der Waals surface area contributed by atoms with Crippen LogP contribution in [0.3, 0.4) is 0 Å². The fourth-order valence-corrected chi connectivity index (χ4v) is 7.00. The number of benzene rings is 1. The quantitative estimate of drug-likeness (QED) is 0.603. The second-order valence-corrected chi connectivity index (χ2v) is 11.9. The zero-order valence-corrected chi connectivity index (χ0v) is 19.6. The molecule has 5 nitrogen and oxygen atoms in total. The summed E-state index contributed by atoms with van der Waals surface area (Å²) in [5, 5.41) is 3.01. The maximum atomic E-state index is 12.7. The third-order valence-electron chi connectivity index (χ3n) is 5.39. The molecule has 2 heterocycles. The van der Waals surface area contributed by atoms with Gasteiger partial charge in [0.2, 0.25) is 5.91 Å². The number of piperidine rings is 1. The molecule has 0 unspecified atom stereocenters. The molecule has 1 fully saturated rings. The average molecular weight is 473 g/mol. The highest BCUT2D eigenvalue weighted by atomic mass is 35.5. The highest BCUT2D eigenvalue weighted by Crippen LogP contribution is 2.32. The SMILES string of the molecule is CSc1ccc(CNC(=O)[C@H](C)C2CCN(S(=O)(=O)c3ccc(Cl)s3)CC2)cc1. The Morgan fingerprint density at radius 2 is 1.90 bits per heavy atom. The van der Waals surface area contributed by atoms with Gasteiger partial charge in [-0.15, -0.1) is 23.1 Å². The molecule has 1 aliphatic heterocycles. The summed E-state index contributed by atoms with van der Waals surface area (Å²) >= 11 is 8.65. The van der Waals surface area contributed by atoms with Crippen molar-refractivity contribution in [2.45, 2.75) is 35.4 Å². The molecule has 1 amide bonds. The molecule has 1 N–H and O–H groups in total. The summed E-state index contributed by atoms with van der Waals surface area (Å²) in [7, 11) is -3.50. The van der Waals surface area contributed by atoms with Crippen molar-refractivity contribution in [3.05, 3.63) is 46.3 Å². The lowest BCUT2D eigenvalue weighted by molar-refractivity contribution is -0.126. The fourth-order valence-electron chi connectivity index (χ4n) is 3.49. The smallest absolute Gasteiger partial charge is 0.252 e. The normalized spacial score (nSPS) is 17.2. The Kier molecular flexibility index (Phi) is 7.67. The van der Waals surface area contributed by atoms with Crippen molar-refractivity contribution in [1.29, 1.82) is 0 Å². The topological polar surface area (TPSA) is 66.5 Å². The Labute approximate surface area is 185 Å². The van der Waals surface area contributed by atoms with E-state index in [2.05, 4.69) is 5.32 Å². The van der Waals surface area contributed by atoms with Crippen molar-refractivity contribution in [2.75, 3.05) is 19.3 Å². The number of thiophene rings is 1. The molecule has 0 bridgehead atoms. The van der Waals surface area contributed by atoms with Crippen molar-refractivity contribution in [1.82, 2.24) is 9.62 Å². The van der Waals surface area contributed by atoms with Gasteiger partial charge >= 0.3 is 0 Å². The van der Waals surface area contributed by atoms with E-state index < -0.39 is 10.0 Å². The van der Waals surface area contributed by atoms with Gasteiger partial charge in [0.05, 0.1) is 4.34 Å². The van der Waals surface area contributed by atoms with Crippen molar-refractivity contribution < 1.29 is 13.2 Å². The summed E-state index contributed by atoms with van der Waals surface area (Å²) in [5.74, 6) is 0.0408. The van der Waals surface area contributed by atoms with E-state index in [4.69, 9.17) is 11.6 Å². The van der Waals surface area contributed by atoms with Crippen molar-refractivity contribution >= 4 is 50.6 Å². The van der Waals surface area contributed by atoms with Crippen LogP contribution in [0.15, 0.2) is 45.5 Å². The maximum Gasteiger partial charge on any atom is 0.252 e. The molecule has 0 spiro atoms. The second-order valence-electron chi connectivity index (χ2n) is 7.15. The van der Waals surface area contributed by atoms with E-state index in [1.54, 1.807) is 23.9 Å². The first-order valence-corrected chi connectivity index (χ1v) is 13.3. The Morgan fingerprint density at radius 1 is 1.24 bits per heavy atom. The molecule has 0 radical (unpaired) electrons. The minimum Gasteiger partial charge on any atom is -0.352 e. The molecule has 1 aromatic carbocycles. The van der Waals surface area contributed by atoms with Crippen LogP contribution < -0.4 is 5.32 Å². The molecule has 1 atom stereocenters. The van der Waals surface area contributed by atoms with Gasteiger partial charge < -0.3 is 5.32 Å². The summed E-state index contributed by atoms with van der Waals surface area (Å²) in [4.78, 5) is 13.8. The van der Waals surface area contributed by atoms with Crippen LogP contribution in [0.25, 0.3) is 0 Å². The number of rotatable bonds is 7. The number of hydrogen-bond donors (Lipinski definition) is 1. The number of amides is 1. The fraction of sp³-hybridized carbons (Fsp3) is 0.450. The average Bonchev–Trinajstić information content (AvgIpc) is 3.19. The molecule has 0 saturated carbocycles. The Balaban J connectivity index is 1.51. The number of nitrogens with zero attached hydrogens (tertiary/aromatic N) is 1. The molecule has 1 aromatic heterocycles. The summed E-state index contributed by atoms with van der Waals surface area (Å²) in [6, 6.07) is 11.3. The molecule has 158 valence electrons. The molecule has 1 aliphatic rings. The van der Waals surface area contributed by atoms with E-state index in [1.165, 1.54) is 9.20 Å². The van der Waals surface area contributed by atoms with Crippen LogP contribution in [0.1, 0.15) is 25.3 Å². The van der Waals surface area contributed by atoms with Gasteiger partial charge in [0.1, 0.15) is 4.21 Å². The molecular weight excluding hydrogens is 448 g/mol. The van der Waals surface area contributed by atoms with E-state index in [0.29, 0.717) is 36.8 Å². The minimum atomic E-state index is -3.50. The zero-order valence-electron chi connectivity index (χ0n) is 16.4. The Hall–Kier alpha value is -1.06. The van der Waals surface area contributed by atoms with Crippen LogP contribution in [-0.4, -0.2) is 38.0 Å². The third-order valence-corrected chi connectivity index (χ3v) is 9.73. The van der Waals surface area contributed by atoms with Gasteiger partial charge in [-0.05, 0) is 54.8 Å². The molecular formula is C20H25ClN2O3S3. The largest absolute Gasteiger partial charge is 0.352 e. The third kappa shape index (κ3) is 5.55. The Morgan fingerprint density at radius 3 is 2.45 bits per heavy atom. The number of nitrogens with one attached hydrogen (secondary N) is 1. The first-order valence-electron chi connectivity index (χ1n) is 9.47. The van der Waals surface area contributed by atoms with Crippen molar-refractivity contribution in [2.24, 2.45) is 11.8 Å². The summed E-state index contributed by atoms with van der Waals surface area (Å²) in [6.07, 6.45) is 3.38. The van der Waals surface area contributed by atoms with Crippen molar-refractivity contribution in [3.8, 4) is 0 Å². The van der Waals surface area contributed by atoms with Crippen LogP contribution in [0.5, 0.6) is 0 Å². The zero-order chi connectivity index (χ0) is 21.0. The molecule has 2 aromatic rings. The van der Waals surface area contributed by atoms with E-state index in [9.17, 15) is 13.2 Å². The van der Waals surface area contributed by atoms with Gasteiger partial charge in [-0.2, -0.15) is 4.31 Å². The van der Waals surface area contributed by atoms with Crippen LogP contribution in [0, 0.1) is 11.8 Å². The number of thioether (sulfide) groups is 1. The van der Waals surface area contributed by atoms with Gasteiger partial charge in [0.15, 0.2) is 0 Å². The first kappa shape index (κ1) is 22.6. The van der Waals surface area contributed by atoms with Crippen molar-refractivity contribution in [3.63, 3.8) is 0 Å². The molecule has 9 heteroatoms. The van der Waals surface area contributed by atoms with Crippen LogP contribution in [0.2, 0.25) is 4.34 Å². The Bertz CT molecular complexity index is 936. The van der Waals surface area contributed by atoms with Gasteiger partial charge in [0, 0.05) is 30.4 Å². The number of carbonyl (C=O) groups excluding carboxylic acids is 1. The number of carbonyl (C=O) groups is 1. The summed E-state index contributed by atoms with van der Waals surface area (Å²) in [5.41, 5.74) is 1.07. The van der Waals surface area contributed by atoms with Crippen LogP contribution >= 0.6 is 34.7 Å². The summed E-state index contributed by atoms with van der Waals surface area (Å²) < 4.78 is 27.7. The highest BCUT2D eigenvalue weighted by Gasteiger charge is 2.34. The minimum absolute atomic E-state index is 0.0188. The highest BCUT2D eigenvalue weighted by molar-refractivity contribution is 7.98.